The largest absolute Gasteiger partial charge is 0.586 e. The van der Waals surface area contributed by atoms with Crippen molar-refractivity contribution in [2.75, 3.05) is 7.11 Å². The molecule has 0 amide bonds. The monoisotopic (exact) mass is 362 g/mol. The Hall–Kier alpha value is -3.36. The van der Waals surface area contributed by atoms with Gasteiger partial charge in [-0.1, -0.05) is 12.1 Å². The maximum Gasteiger partial charge on any atom is 0.586 e. The van der Waals surface area contributed by atoms with Crippen LogP contribution in [0.3, 0.4) is 0 Å². The number of para-hydroxylation sites is 1. The number of H-pyrrole nitrogens is 1. The zero-order valence-corrected chi connectivity index (χ0v) is 13.4. The van der Waals surface area contributed by atoms with Crippen LogP contribution in [0.15, 0.2) is 41.2 Å². The van der Waals surface area contributed by atoms with Crippen molar-refractivity contribution >= 4 is 17.0 Å². The second-order valence-electron chi connectivity index (χ2n) is 5.65. The van der Waals surface area contributed by atoms with E-state index in [1.165, 1.54) is 35.9 Å². The summed E-state index contributed by atoms with van der Waals surface area (Å²) >= 11 is 0. The minimum absolute atomic E-state index is 0.0149. The lowest BCUT2D eigenvalue weighted by Crippen LogP contribution is -2.26. The Kier molecular flexibility index (Phi) is 3.46. The molecule has 3 aromatic rings. The fourth-order valence-corrected chi connectivity index (χ4v) is 2.89. The van der Waals surface area contributed by atoms with E-state index >= 15 is 0 Å². The summed E-state index contributed by atoms with van der Waals surface area (Å²) in [5, 5.41) is 0. The van der Waals surface area contributed by atoms with E-state index in [0.29, 0.717) is 16.6 Å². The van der Waals surface area contributed by atoms with Crippen LogP contribution < -0.4 is 15.2 Å². The van der Waals surface area contributed by atoms with E-state index in [9.17, 15) is 18.4 Å². The van der Waals surface area contributed by atoms with Crippen LogP contribution in [0.25, 0.3) is 11.0 Å². The number of carbonyl (C=O) groups is 1. The zero-order valence-electron chi connectivity index (χ0n) is 13.4. The summed E-state index contributed by atoms with van der Waals surface area (Å²) in [5.74, 6) is -0.729. The van der Waals surface area contributed by atoms with Gasteiger partial charge < -0.3 is 19.2 Å². The molecule has 1 N–H and O–H groups in total. The molecule has 0 saturated carbocycles. The van der Waals surface area contributed by atoms with Crippen molar-refractivity contribution in [2.45, 2.75) is 12.8 Å². The number of ether oxygens (including phenoxy) is 3. The quantitative estimate of drug-likeness (QED) is 0.724. The van der Waals surface area contributed by atoms with Gasteiger partial charge in [0.05, 0.1) is 30.3 Å². The first kappa shape index (κ1) is 16.1. The number of aromatic amines is 1. The van der Waals surface area contributed by atoms with E-state index in [0.717, 1.165) is 0 Å². The smallest absolute Gasteiger partial charge is 0.465 e. The summed E-state index contributed by atoms with van der Waals surface area (Å²) < 4.78 is 41.6. The number of rotatable bonds is 3. The van der Waals surface area contributed by atoms with E-state index in [1.807, 2.05) is 0 Å². The van der Waals surface area contributed by atoms with Gasteiger partial charge in [0.2, 0.25) is 0 Å². The van der Waals surface area contributed by atoms with Gasteiger partial charge in [-0.15, -0.1) is 8.78 Å². The van der Waals surface area contributed by atoms with Crippen molar-refractivity contribution < 1.29 is 27.8 Å². The first-order chi connectivity index (χ1) is 12.4. The van der Waals surface area contributed by atoms with Gasteiger partial charge in [0.1, 0.15) is 0 Å². The minimum Gasteiger partial charge on any atom is -0.465 e. The van der Waals surface area contributed by atoms with E-state index < -0.39 is 18.0 Å². The third-order valence-electron chi connectivity index (χ3n) is 4.03. The standard InChI is InChI=1S/C17H12F2N2O5/c1-24-15(22)9-5-6-12-11(7-9)20-16(23)21(12)8-10-3-2-4-13-14(10)26-17(18,19)25-13/h2-7H,8H2,1H3,(H,20,23). The molecule has 134 valence electrons. The highest BCUT2D eigenvalue weighted by atomic mass is 19.3. The SMILES string of the molecule is COC(=O)c1ccc2c(c1)[nH]c(=O)n2Cc1cccc2c1OC(F)(F)O2. The van der Waals surface area contributed by atoms with E-state index in [1.54, 1.807) is 12.1 Å². The molecular weight excluding hydrogens is 350 g/mol. The number of methoxy groups -OCH3 is 1. The van der Waals surface area contributed by atoms with Crippen molar-refractivity contribution in [2.24, 2.45) is 0 Å². The molecule has 0 unspecified atom stereocenters. The van der Waals surface area contributed by atoms with Crippen LogP contribution in [0.4, 0.5) is 8.78 Å². The summed E-state index contributed by atoms with van der Waals surface area (Å²) in [6.07, 6.45) is -3.74. The third kappa shape index (κ3) is 2.57. The van der Waals surface area contributed by atoms with Gasteiger partial charge >= 0.3 is 18.0 Å². The van der Waals surface area contributed by atoms with Gasteiger partial charge in [0.25, 0.3) is 0 Å². The highest BCUT2D eigenvalue weighted by Crippen LogP contribution is 2.43. The average molecular weight is 362 g/mol. The second kappa shape index (κ2) is 5.58. The number of nitrogens with one attached hydrogen (secondary N) is 1. The van der Waals surface area contributed by atoms with E-state index in [-0.39, 0.29) is 23.6 Å². The number of imidazole rings is 1. The number of carbonyl (C=O) groups excluding carboxylic acids is 1. The molecule has 1 aliphatic heterocycles. The number of hydrogen-bond donors (Lipinski definition) is 1. The molecule has 0 aliphatic carbocycles. The Balaban J connectivity index is 1.76. The normalized spacial score (nSPS) is 14.6. The molecule has 1 aliphatic rings. The van der Waals surface area contributed by atoms with Crippen molar-refractivity contribution in [1.29, 1.82) is 0 Å². The molecule has 9 heteroatoms. The fourth-order valence-electron chi connectivity index (χ4n) is 2.89. The van der Waals surface area contributed by atoms with Crippen molar-refractivity contribution in [3.05, 3.63) is 58.0 Å². The van der Waals surface area contributed by atoms with Gasteiger partial charge in [-0.2, -0.15) is 0 Å². The summed E-state index contributed by atoms with van der Waals surface area (Å²) in [6.45, 7) is -0.0149. The van der Waals surface area contributed by atoms with Crippen LogP contribution in [0.1, 0.15) is 15.9 Å². The van der Waals surface area contributed by atoms with Gasteiger partial charge in [-0.3, -0.25) is 4.57 Å². The number of hydrogen-bond acceptors (Lipinski definition) is 5. The second-order valence-corrected chi connectivity index (χ2v) is 5.65. The van der Waals surface area contributed by atoms with Crippen LogP contribution in [0.5, 0.6) is 11.5 Å². The fraction of sp³-hybridized carbons (Fsp3) is 0.176. The first-order valence-corrected chi connectivity index (χ1v) is 7.56. The highest BCUT2D eigenvalue weighted by Gasteiger charge is 2.44. The molecule has 1 aromatic heterocycles. The maximum atomic E-state index is 13.3. The summed E-state index contributed by atoms with van der Waals surface area (Å²) in [6, 6.07) is 9.05. The molecule has 0 fully saturated rings. The predicted octanol–water partition coefficient (Wildman–Crippen LogP) is 2.49. The van der Waals surface area contributed by atoms with Gasteiger partial charge in [-0.25, -0.2) is 9.59 Å². The van der Waals surface area contributed by atoms with Gasteiger partial charge in [0.15, 0.2) is 11.5 Å². The maximum absolute atomic E-state index is 13.3. The molecule has 0 spiro atoms. The predicted molar refractivity (Wildman–Crippen MR) is 85.6 cm³/mol. The Labute approximate surface area is 144 Å². The summed E-state index contributed by atoms with van der Waals surface area (Å²) in [5.41, 5.74) is 1.12. The lowest BCUT2D eigenvalue weighted by atomic mass is 10.1. The summed E-state index contributed by atoms with van der Waals surface area (Å²) in [7, 11) is 1.26. The van der Waals surface area contributed by atoms with E-state index in [2.05, 4.69) is 19.2 Å². The molecular formula is C17H12F2N2O5. The van der Waals surface area contributed by atoms with Gasteiger partial charge in [0, 0.05) is 5.56 Å². The lowest BCUT2D eigenvalue weighted by Gasteiger charge is -2.08. The van der Waals surface area contributed by atoms with Crippen molar-refractivity contribution in [3.63, 3.8) is 0 Å². The lowest BCUT2D eigenvalue weighted by molar-refractivity contribution is -0.286. The van der Waals surface area contributed by atoms with Crippen LogP contribution in [-0.2, 0) is 11.3 Å². The van der Waals surface area contributed by atoms with Gasteiger partial charge in [-0.05, 0) is 24.3 Å². The van der Waals surface area contributed by atoms with Crippen LogP contribution in [0.2, 0.25) is 0 Å². The minimum atomic E-state index is -3.74. The number of fused-ring (bicyclic) bond motifs is 2. The third-order valence-corrected chi connectivity index (χ3v) is 4.03. The number of aromatic nitrogens is 2. The Morgan fingerprint density at radius 3 is 2.85 bits per heavy atom. The number of esters is 1. The Bertz CT molecular complexity index is 1090. The highest BCUT2D eigenvalue weighted by molar-refractivity contribution is 5.93. The van der Waals surface area contributed by atoms with Crippen LogP contribution in [-0.4, -0.2) is 28.9 Å². The number of nitrogens with zero attached hydrogens (tertiary/aromatic N) is 1. The molecule has 0 radical (unpaired) electrons. The molecule has 2 aromatic carbocycles. The molecule has 0 atom stereocenters. The zero-order chi connectivity index (χ0) is 18.5. The van der Waals surface area contributed by atoms with Crippen LogP contribution in [0, 0.1) is 0 Å². The average Bonchev–Trinajstić information content (AvgIpc) is 3.09. The Morgan fingerprint density at radius 2 is 2.08 bits per heavy atom. The van der Waals surface area contributed by atoms with Crippen molar-refractivity contribution in [3.8, 4) is 11.5 Å². The van der Waals surface area contributed by atoms with Crippen molar-refractivity contribution in [1.82, 2.24) is 9.55 Å². The van der Waals surface area contributed by atoms with Crippen LogP contribution >= 0.6 is 0 Å². The molecule has 26 heavy (non-hydrogen) atoms. The topological polar surface area (TPSA) is 82.6 Å². The first-order valence-electron chi connectivity index (χ1n) is 7.56. The molecule has 7 nitrogen and oxygen atoms in total. The molecule has 0 saturated heterocycles. The molecule has 4 rings (SSSR count). The van der Waals surface area contributed by atoms with E-state index in [4.69, 9.17) is 0 Å². The molecule has 2 heterocycles. The molecule has 0 bridgehead atoms. The Morgan fingerprint density at radius 1 is 1.27 bits per heavy atom. The number of halogens is 2. The summed E-state index contributed by atoms with van der Waals surface area (Å²) in [4.78, 5) is 26.5. The number of benzene rings is 2. The number of alkyl halides is 2.